The maximum Gasteiger partial charge on any atom is 0.328 e. The van der Waals surface area contributed by atoms with Gasteiger partial charge in [0.2, 0.25) is 0 Å². The van der Waals surface area contributed by atoms with Crippen LogP contribution in [0.1, 0.15) is 56.4 Å². The zero-order valence-electron chi connectivity index (χ0n) is 16.8. The number of pyridine rings is 2. The molecule has 0 aromatic carbocycles. The van der Waals surface area contributed by atoms with Crippen LogP contribution in [-0.4, -0.2) is 30.8 Å². The zero-order chi connectivity index (χ0) is 20.3. The first-order valence-corrected chi connectivity index (χ1v) is 9.72. The smallest absolute Gasteiger partial charge is 0.328 e. The van der Waals surface area contributed by atoms with Crippen molar-refractivity contribution >= 4 is 23.1 Å². The molecule has 3 rings (SSSR count). The van der Waals surface area contributed by atoms with Crippen LogP contribution in [0.3, 0.4) is 0 Å². The highest BCUT2D eigenvalue weighted by atomic mass is 16.4. The van der Waals surface area contributed by atoms with Crippen LogP contribution in [0.4, 0.5) is 0 Å². The molecule has 0 aliphatic heterocycles. The molecule has 0 radical (unpaired) electrons. The van der Waals surface area contributed by atoms with Crippen LogP contribution in [-0.2, 0) is 11.3 Å². The number of carboxylic acids is 1. The summed E-state index contributed by atoms with van der Waals surface area (Å²) >= 11 is 0. The van der Waals surface area contributed by atoms with Gasteiger partial charge < -0.3 is 5.11 Å². The summed E-state index contributed by atoms with van der Waals surface area (Å²) in [5, 5.41) is 14.7. The van der Waals surface area contributed by atoms with Gasteiger partial charge in [-0.05, 0) is 44.4 Å². The minimum atomic E-state index is -0.979. The number of hydrogen-bond acceptors (Lipinski definition) is 4. The number of aryl methyl sites for hydroxylation is 2. The predicted octanol–water partition coefficient (Wildman–Crippen LogP) is 4.82. The number of carbonyl (C=O) groups is 1. The molecule has 3 aromatic rings. The first-order chi connectivity index (χ1) is 13.5. The van der Waals surface area contributed by atoms with Gasteiger partial charge in [-0.15, -0.1) is 0 Å². The van der Waals surface area contributed by atoms with E-state index in [2.05, 4.69) is 30.0 Å². The lowest BCUT2D eigenvalue weighted by Crippen LogP contribution is -2.07. The van der Waals surface area contributed by atoms with Crippen molar-refractivity contribution in [2.24, 2.45) is 0 Å². The fraction of sp³-hybridized carbons (Fsp3) is 0.364. The number of carboxylic acid groups (broad SMARTS) is 1. The fourth-order valence-corrected chi connectivity index (χ4v) is 3.66. The van der Waals surface area contributed by atoms with E-state index in [-0.39, 0.29) is 5.92 Å². The van der Waals surface area contributed by atoms with Gasteiger partial charge in [-0.1, -0.05) is 13.8 Å². The van der Waals surface area contributed by atoms with Crippen LogP contribution < -0.4 is 0 Å². The molecular weight excluding hydrogens is 352 g/mol. The van der Waals surface area contributed by atoms with E-state index in [1.807, 2.05) is 37.1 Å². The van der Waals surface area contributed by atoms with Crippen molar-refractivity contribution in [1.82, 2.24) is 19.7 Å². The van der Waals surface area contributed by atoms with Gasteiger partial charge >= 0.3 is 5.97 Å². The van der Waals surface area contributed by atoms with E-state index in [0.717, 1.165) is 51.8 Å². The Morgan fingerprint density at radius 2 is 1.96 bits per heavy atom. The van der Waals surface area contributed by atoms with Crippen molar-refractivity contribution in [2.45, 2.75) is 53.0 Å². The second-order valence-electron chi connectivity index (χ2n) is 6.92. The second kappa shape index (κ2) is 8.33. The average Bonchev–Trinajstić information content (AvgIpc) is 3.09. The highest BCUT2D eigenvalue weighted by Gasteiger charge is 2.22. The van der Waals surface area contributed by atoms with Gasteiger partial charge in [0.15, 0.2) is 5.65 Å². The number of aromatic nitrogens is 4. The topological polar surface area (TPSA) is 80.9 Å². The van der Waals surface area contributed by atoms with Crippen LogP contribution in [0, 0.1) is 6.92 Å². The molecule has 0 bridgehead atoms. The molecule has 0 aliphatic carbocycles. The summed E-state index contributed by atoms with van der Waals surface area (Å²) in [5.74, 6) is -0.747. The van der Waals surface area contributed by atoms with Crippen LogP contribution in [0.2, 0.25) is 0 Å². The largest absolute Gasteiger partial charge is 0.478 e. The summed E-state index contributed by atoms with van der Waals surface area (Å²) < 4.78 is 1.89. The van der Waals surface area contributed by atoms with Crippen LogP contribution in [0.25, 0.3) is 28.2 Å². The third-order valence-electron chi connectivity index (χ3n) is 5.08. The lowest BCUT2D eigenvalue weighted by Gasteiger charge is -2.19. The van der Waals surface area contributed by atoms with E-state index >= 15 is 0 Å². The molecular formula is C22H26N4O2. The van der Waals surface area contributed by atoms with Crippen LogP contribution in [0.5, 0.6) is 0 Å². The highest BCUT2D eigenvalue weighted by Crippen LogP contribution is 2.38. The van der Waals surface area contributed by atoms with E-state index in [9.17, 15) is 9.90 Å². The minimum absolute atomic E-state index is 0.231. The number of rotatable bonds is 7. The molecule has 0 saturated carbocycles. The minimum Gasteiger partial charge on any atom is -0.478 e. The maximum atomic E-state index is 11.3. The Morgan fingerprint density at radius 3 is 2.57 bits per heavy atom. The molecule has 0 atom stereocenters. The van der Waals surface area contributed by atoms with Gasteiger partial charge in [0, 0.05) is 53.0 Å². The first-order valence-electron chi connectivity index (χ1n) is 9.72. The monoisotopic (exact) mass is 378 g/mol. The summed E-state index contributed by atoms with van der Waals surface area (Å²) in [6.45, 7) is 9.02. The van der Waals surface area contributed by atoms with Crippen molar-refractivity contribution < 1.29 is 9.90 Å². The molecule has 146 valence electrons. The average molecular weight is 378 g/mol. The van der Waals surface area contributed by atoms with Gasteiger partial charge in [0.05, 0.1) is 11.9 Å². The first kappa shape index (κ1) is 19.7. The standard InChI is InChI=1S/C22H26N4O2/c1-5-15(6-2)21-17(8-9-19(27)28)20(16-10-14(4)11-23-12-16)18-13-24-26(7-3)22(18)25-21/h8-13,15H,5-7H2,1-4H3,(H,27,28). The van der Waals surface area contributed by atoms with Gasteiger partial charge in [-0.2, -0.15) is 5.10 Å². The second-order valence-corrected chi connectivity index (χ2v) is 6.92. The molecule has 1 N–H and O–H groups in total. The molecule has 6 heteroatoms. The number of fused-ring (bicyclic) bond motifs is 1. The van der Waals surface area contributed by atoms with Crippen molar-refractivity contribution in [3.05, 3.63) is 47.6 Å². The zero-order valence-corrected chi connectivity index (χ0v) is 16.8. The third kappa shape index (κ3) is 3.67. The van der Waals surface area contributed by atoms with Gasteiger partial charge in [-0.3, -0.25) is 4.98 Å². The van der Waals surface area contributed by atoms with E-state index in [1.54, 1.807) is 6.08 Å². The van der Waals surface area contributed by atoms with E-state index < -0.39 is 5.97 Å². The Hall–Kier alpha value is -3.02. The quantitative estimate of drug-likeness (QED) is 0.596. The molecule has 0 fully saturated rings. The third-order valence-corrected chi connectivity index (χ3v) is 5.08. The van der Waals surface area contributed by atoms with Crippen molar-refractivity contribution in [3.8, 4) is 11.1 Å². The molecule has 0 saturated heterocycles. The fourth-order valence-electron chi connectivity index (χ4n) is 3.66. The van der Waals surface area contributed by atoms with Crippen LogP contribution in [0.15, 0.2) is 30.7 Å². The summed E-state index contributed by atoms with van der Waals surface area (Å²) in [5.41, 5.74) is 5.52. The summed E-state index contributed by atoms with van der Waals surface area (Å²) in [7, 11) is 0. The van der Waals surface area contributed by atoms with E-state index in [0.29, 0.717) is 6.54 Å². The Labute approximate surface area is 164 Å². The molecule has 0 unspecified atom stereocenters. The van der Waals surface area contributed by atoms with Crippen molar-refractivity contribution in [2.75, 3.05) is 0 Å². The maximum absolute atomic E-state index is 11.3. The van der Waals surface area contributed by atoms with E-state index in [4.69, 9.17) is 4.98 Å². The van der Waals surface area contributed by atoms with Crippen molar-refractivity contribution in [1.29, 1.82) is 0 Å². The molecule has 28 heavy (non-hydrogen) atoms. The van der Waals surface area contributed by atoms with Gasteiger partial charge in [-0.25, -0.2) is 14.5 Å². The normalized spacial score (nSPS) is 11.8. The number of hydrogen-bond donors (Lipinski definition) is 1. The SMILES string of the molecule is CCC(CC)c1nc2c(cnn2CC)c(-c2cncc(C)c2)c1C=CC(=O)O. The Balaban J connectivity index is 2.45. The Kier molecular flexibility index (Phi) is 5.87. The summed E-state index contributed by atoms with van der Waals surface area (Å²) in [6, 6.07) is 2.07. The summed E-state index contributed by atoms with van der Waals surface area (Å²) in [4.78, 5) is 20.6. The summed E-state index contributed by atoms with van der Waals surface area (Å²) in [6.07, 6.45) is 10.2. The Morgan fingerprint density at radius 1 is 1.21 bits per heavy atom. The molecule has 6 nitrogen and oxygen atoms in total. The lowest BCUT2D eigenvalue weighted by molar-refractivity contribution is -0.131. The highest BCUT2D eigenvalue weighted by molar-refractivity contribution is 5.99. The molecule has 3 heterocycles. The molecule has 3 aromatic heterocycles. The molecule has 0 aliphatic rings. The van der Waals surface area contributed by atoms with Crippen molar-refractivity contribution in [3.63, 3.8) is 0 Å². The number of aliphatic carboxylic acids is 1. The van der Waals surface area contributed by atoms with Crippen LogP contribution >= 0.6 is 0 Å². The lowest BCUT2D eigenvalue weighted by atomic mass is 9.89. The van der Waals surface area contributed by atoms with Gasteiger partial charge in [0.1, 0.15) is 0 Å². The Bertz CT molecular complexity index is 1030. The molecule has 0 amide bonds. The van der Waals surface area contributed by atoms with E-state index in [1.165, 1.54) is 6.08 Å². The van der Waals surface area contributed by atoms with Gasteiger partial charge in [0.25, 0.3) is 0 Å². The predicted molar refractivity (Wildman–Crippen MR) is 111 cm³/mol. The number of nitrogens with zero attached hydrogens (tertiary/aromatic N) is 4. The molecule has 0 spiro atoms.